The van der Waals surface area contributed by atoms with Gasteiger partial charge in [-0.15, -0.1) is 0 Å². The molecular weight excluding hydrogens is 440 g/mol. The molecule has 2 aromatic rings. The number of rotatable bonds is 4. The van der Waals surface area contributed by atoms with Gasteiger partial charge in [-0.25, -0.2) is 0 Å². The zero-order valence-corrected chi connectivity index (χ0v) is 16.3. The molecule has 0 aliphatic carbocycles. The average Bonchev–Trinajstić information content (AvgIpc) is 3.05. The van der Waals surface area contributed by atoms with Gasteiger partial charge in [0.05, 0.1) is 0 Å². The smallest absolute Gasteiger partial charge is 0.289 e. The van der Waals surface area contributed by atoms with Crippen LogP contribution in [0.5, 0.6) is 0 Å². The fraction of sp³-hybridized carbons (Fsp3) is 0.176. The van der Waals surface area contributed by atoms with E-state index in [4.69, 9.17) is 0 Å². The van der Waals surface area contributed by atoms with Gasteiger partial charge in [0.15, 0.2) is 12.4 Å². The molecule has 0 spiro atoms. The molecule has 0 radical (unpaired) electrons. The Morgan fingerprint density at radius 1 is 1.17 bits per heavy atom. The fourth-order valence-electron chi connectivity index (χ4n) is 2.29. The van der Waals surface area contributed by atoms with Crippen LogP contribution in [0.3, 0.4) is 0 Å². The van der Waals surface area contributed by atoms with E-state index in [-0.39, 0.29) is 22.8 Å². The molecule has 23 heavy (non-hydrogen) atoms. The predicted octanol–water partition coefficient (Wildman–Crippen LogP) is 0.0870. The van der Waals surface area contributed by atoms with Gasteiger partial charge in [0.1, 0.15) is 5.03 Å². The molecule has 1 aromatic heterocycles. The predicted molar refractivity (Wildman–Crippen MR) is 93.8 cm³/mol. The number of aromatic nitrogens is 1. The van der Waals surface area contributed by atoms with Crippen LogP contribution in [0.4, 0.5) is 0 Å². The number of carbonyl (C=O) groups is 1. The van der Waals surface area contributed by atoms with Crippen LogP contribution in [0.25, 0.3) is 5.70 Å². The highest BCUT2D eigenvalue weighted by Crippen LogP contribution is 2.30. The zero-order chi connectivity index (χ0) is 15.4. The minimum absolute atomic E-state index is 0. The van der Waals surface area contributed by atoms with Gasteiger partial charge < -0.3 is 22.3 Å². The summed E-state index contributed by atoms with van der Waals surface area (Å²) in [4.78, 5) is 13.0. The SMILES string of the molecule is O=C(/C(=C1\NCC(CBr)S1)[n+]1ccccc1)c1ccccc1.[Br-]. The summed E-state index contributed by atoms with van der Waals surface area (Å²) in [5.74, 6) is 0.0297. The van der Waals surface area contributed by atoms with Crippen LogP contribution in [0.15, 0.2) is 66.0 Å². The van der Waals surface area contributed by atoms with Crippen LogP contribution >= 0.6 is 27.7 Å². The van der Waals surface area contributed by atoms with Gasteiger partial charge in [0.2, 0.25) is 0 Å². The number of pyridine rings is 1. The van der Waals surface area contributed by atoms with Crippen molar-refractivity contribution in [2.75, 3.05) is 11.9 Å². The van der Waals surface area contributed by atoms with E-state index >= 15 is 0 Å². The number of allylic oxidation sites excluding steroid dienone is 1. The minimum Gasteiger partial charge on any atom is -1.00 e. The van der Waals surface area contributed by atoms with Gasteiger partial charge in [-0.05, 0) is 0 Å². The number of ketones is 1. The Kier molecular flexibility index (Phi) is 6.87. The van der Waals surface area contributed by atoms with E-state index in [2.05, 4.69) is 21.2 Å². The van der Waals surface area contributed by atoms with Crippen molar-refractivity contribution in [1.82, 2.24) is 5.32 Å². The molecule has 0 bridgehead atoms. The largest absolute Gasteiger partial charge is 1.00 e. The van der Waals surface area contributed by atoms with Crippen LogP contribution in [-0.2, 0) is 0 Å². The van der Waals surface area contributed by atoms with Crippen molar-refractivity contribution in [3.63, 3.8) is 0 Å². The Bertz CT molecular complexity index is 692. The number of Topliss-reactive ketones (excluding diaryl/α,β-unsaturated/α-hetero) is 1. The fourth-order valence-corrected chi connectivity index (χ4v) is 3.96. The lowest BCUT2D eigenvalue weighted by Crippen LogP contribution is -3.00. The number of nitrogens with one attached hydrogen (secondary N) is 1. The highest BCUT2D eigenvalue weighted by molar-refractivity contribution is 9.09. The Morgan fingerprint density at radius 3 is 2.43 bits per heavy atom. The van der Waals surface area contributed by atoms with E-state index < -0.39 is 0 Å². The first-order chi connectivity index (χ1) is 10.8. The number of thioether (sulfide) groups is 1. The average molecular weight is 456 g/mol. The van der Waals surface area contributed by atoms with Crippen LogP contribution in [0.2, 0.25) is 0 Å². The molecule has 6 heteroatoms. The van der Waals surface area contributed by atoms with Crippen molar-refractivity contribution >= 4 is 39.2 Å². The van der Waals surface area contributed by atoms with Gasteiger partial charge in [0.25, 0.3) is 11.5 Å². The summed E-state index contributed by atoms with van der Waals surface area (Å²) in [6.07, 6.45) is 3.82. The lowest BCUT2D eigenvalue weighted by atomic mass is 10.1. The van der Waals surface area contributed by atoms with Crippen molar-refractivity contribution < 1.29 is 26.3 Å². The summed E-state index contributed by atoms with van der Waals surface area (Å²) in [5, 5.41) is 5.66. The van der Waals surface area contributed by atoms with E-state index in [1.807, 2.05) is 65.5 Å². The van der Waals surface area contributed by atoms with Crippen LogP contribution in [0.1, 0.15) is 10.4 Å². The van der Waals surface area contributed by atoms with Gasteiger partial charge in [-0.1, -0.05) is 64.1 Å². The molecule has 2 heterocycles. The number of hydrogen-bond donors (Lipinski definition) is 1. The molecule has 120 valence electrons. The number of hydrogen-bond acceptors (Lipinski definition) is 3. The first-order valence-corrected chi connectivity index (χ1v) is 9.07. The first-order valence-electron chi connectivity index (χ1n) is 7.07. The van der Waals surface area contributed by atoms with Gasteiger partial charge >= 0.3 is 0 Å². The molecule has 3 rings (SSSR count). The monoisotopic (exact) mass is 454 g/mol. The van der Waals surface area contributed by atoms with E-state index in [0.717, 1.165) is 16.9 Å². The molecule has 0 amide bonds. The number of carbonyl (C=O) groups excluding carboxylic acids is 1. The Labute approximate surface area is 159 Å². The minimum atomic E-state index is 0. The number of alkyl halides is 1. The van der Waals surface area contributed by atoms with Crippen molar-refractivity contribution in [3.05, 3.63) is 71.5 Å². The number of halogens is 2. The second-order valence-electron chi connectivity index (χ2n) is 4.93. The summed E-state index contributed by atoms with van der Waals surface area (Å²) in [5.41, 5.74) is 1.38. The molecule has 1 fully saturated rings. The third-order valence-corrected chi connectivity index (χ3v) is 5.84. The van der Waals surface area contributed by atoms with Crippen LogP contribution in [-0.4, -0.2) is 22.9 Å². The Morgan fingerprint density at radius 2 is 1.83 bits per heavy atom. The van der Waals surface area contributed by atoms with E-state index in [9.17, 15) is 4.79 Å². The summed E-state index contributed by atoms with van der Waals surface area (Å²) in [6, 6.07) is 15.2. The maximum absolute atomic E-state index is 13.0. The molecule has 1 aliphatic rings. The zero-order valence-electron chi connectivity index (χ0n) is 12.3. The molecule has 1 aromatic carbocycles. The molecule has 0 saturated carbocycles. The second kappa shape index (κ2) is 8.66. The third kappa shape index (κ3) is 4.25. The molecule has 3 nitrogen and oxygen atoms in total. The third-order valence-electron chi connectivity index (χ3n) is 3.39. The highest BCUT2D eigenvalue weighted by Gasteiger charge is 2.31. The molecule has 1 N–H and O–H groups in total. The Balaban J connectivity index is 0.00000192. The molecule has 1 aliphatic heterocycles. The van der Waals surface area contributed by atoms with E-state index in [1.165, 1.54) is 0 Å². The van der Waals surface area contributed by atoms with Crippen molar-refractivity contribution in [3.8, 4) is 0 Å². The number of nitrogens with zero attached hydrogens (tertiary/aromatic N) is 1. The summed E-state index contributed by atoms with van der Waals surface area (Å²) in [6.45, 7) is 0.865. The van der Waals surface area contributed by atoms with E-state index in [1.54, 1.807) is 11.8 Å². The quantitative estimate of drug-likeness (QED) is 0.307. The van der Waals surface area contributed by atoms with Crippen molar-refractivity contribution in [1.29, 1.82) is 0 Å². The van der Waals surface area contributed by atoms with Crippen molar-refractivity contribution in [2.45, 2.75) is 5.25 Å². The second-order valence-corrected chi connectivity index (χ2v) is 6.89. The Hall–Kier alpha value is -1.11. The maximum Gasteiger partial charge on any atom is 0.289 e. The lowest BCUT2D eigenvalue weighted by molar-refractivity contribution is -0.577. The normalized spacial score (nSPS) is 18.7. The van der Waals surface area contributed by atoms with Crippen LogP contribution in [0, 0.1) is 0 Å². The van der Waals surface area contributed by atoms with Crippen LogP contribution < -0.4 is 26.9 Å². The van der Waals surface area contributed by atoms with Gasteiger partial charge in [-0.3, -0.25) is 4.79 Å². The summed E-state index contributed by atoms with van der Waals surface area (Å²) < 4.78 is 1.89. The maximum atomic E-state index is 13.0. The first kappa shape index (κ1) is 18.2. The highest BCUT2D eigenvalue weighted by atomic mass is 79.9. The van der Waals surface area contributed by atoms with Crippen molar-refractivity contribution in [2.24, 2.45) is 0 Å². The van der Waals surface area contributed by atoms with Gasteiger partial charge in [-0.2, -0.15) is 4.57 Å². The molecule has 1 saturated heterocycles. The topological polar surface area (TPSA) is 33.0 Å². The summed E-state index contributed by atoms with van der Waals surface area (Å²) >= 11 is 5.23. The molecule has 1 unspecified atom stereocenters. The van der Waals surface area contributed by atoms with Gasteiger partial charge in [0, 0.05) is 34.8 Å². The standard InChI is InChI=1S/C17H15BrN2OS.BrH/c18-11-14-12-19-17(22-14)15(20-9-5-2-6-10-20)16(21)13-7-3-1-4-8-13;/h1-10,14H,11-12H2;1H. The number of benzene rings is 1. The summed E-state index contributed by atoms with van der Waals surface area (Å²) in [7, 11) is 0. The molecule has 1 atom stereocenters. The lowest BCUT2D eigenvalue weighted by Gasteiger charge is -2.05. The molecular formula is C17H16Br2N2OS. The van der Waals surface area contributed by atoms with E-state index in [0.29, 0.717) is 16.5 Å².